The smallest absolute Gasteiger partial charge is 0.342 e. The van der Waals surface area contributed by atoms with Gasteiger partial charge in [0.1, 0.15) is 5.78 Å². The van der Waals surface area contributed by atoms with Crippen molar-refractivity contribution < 1.29 is 24.2 Å². The minimum Gasteiger partial charge on any atom is -0.464 e. The Morgan fingerprint density at radius 1 is 1.27 bits per heavy atom. The Labute approximate surface area is 181 Å². The average molecular weight is 419 g/mol. The molecule has 0 spiro atoms. The van der Waals surface area contributed by atoms with Crippen LogP contribution in [0.2, 0.25) is 0 Å². The number of aliphatic hydroxyl groups excluding tert-OH is 1. The van der Waals surface area contributed by atoms with Gasteiger partial charge in [-0.2, -0.15) is 0 Å². The number of carbonyl (C=O) groups excluding carboxylic acids is 3. The molecular weight excluding hydrogens is 380 g/mol. The van der Waals surface area contributed by atoms with Gasteiger partial charge in [0.05, 0.1) is 6.61 Å². The number of rotatable bonds is 15. The summed E-state index contributed by atoms with van der Waals surface area (Å²) in [5, 5.41) is 9.60. The molecule has 0 amide bonds. The van der Waals surface area contributed by atoms with Gasteiger partial charge in [-0.1, -0.05) is 50.1 Å². The largest absolute Gasteiger partial charge is 0.464 e. The van der Waals surface area contributed by atoms with Gasteiger partial charge >= 0.3 is 5.97 Å². The second-order valence-corrected chi connectivity index (χ2v) is 7.94. The van der Waals surface area contributed by atoms with Crippen LogP contribution in [0.1, 0.15) is 71.6 Å². The number of aliphatic hydroxyl groups is 1. The number of hydrogen-bond acceptors (Lipinski definition) is 5. The molecule has 1 fully saturated rings. The van der Waals surface area contributed by atoms with Crippen molar-refractivity contribution in [2.24, 2.45) is 17.8 Å². The minimum absolute atomic E-state index is 0.00357. The van der Waals surface area contributed by atoms with Crippen LogP contribution in [0.5, 0.6) is 0 Å². The molecule has 1 aliphatic rings. The summed E-state index contributed by atoms with van der Waals surface area (Å²) >= 11 is 0. The lowest BCUT2D eigenvalue weighted by atomic mass is 9.90. The van der Waals surface area contributed by atoms with Crippen molar-refractivity contribution in [3.05, 3.63) is 37.0 Å². The molecule has 0 bridgehead atoms. The predicted molar refractivity (Wildman–Crippen MR) is 119 cm³/mol. The zero-order chi connectivity index (χ0) is 22.4. The van der Waals surface area contributed by atoms with E-state index >= 15 is 0 Å². The molecule has 0 heterocycles. The van der Waals surface area contributed by atoms with Gasteiger partial charge in [0.2, 0.25) is 6.10 Å². The first-order valence-corrected chi connectivity index (χ1v) is 11.3. The first-order valence-electron chi connectivity index (χ1n) is 11.3. The number of Topliss-reactive ketones (excluding diaryl/α,β-unsaturated/α-hetero) is 2. The molecule has 1 rings (SSSR count). The lowest BCUT2D eigenvalue weighted by Gasteiger charge is -2.14. The molecule has 1 unspecified atom stereocenters. The molecule has 168 valence electrons. The number of carbonyl (C=O) groups is 3. The molecule has 0 aromatic heterocycles. The van der Waals surface area contributed by atoms with E-state index in [0.717, 1.165) is 19.3 Å². The molecule has 0 aromatic carbocycles. The van der Waals surface area contributed by atoms with Crippen molar-refractivity contribution in [3.63, 3.8) is 0 Å². The van der Waals surface area contributed by atoms with Crippen molar-refractivity contribution in [1.82, 2.24) is 0 Å². The second-order valence-electron chi connectivity index (χ2n) is 7.94. The molecule has 5 nitrogen and oxygen atoms in total. The summed E-state index contributed by atoms with van der Waals surface area (Å²) in [7, 11) is 0. The van der Waals surface area contributed by atoms with Crippen LogP contribution in [0.4, 0.5) is 0 Å². The van der Waals surface area contributed by atoms with Crippen LogP contribution in [-0.2, 0) is 19.1 Å². The fourth-order valence-corrected chi connectivity index (χ4v) is 3.77. The van der Waals surface area contributed by atoms with Crippen molar-refractivity contribution >= 4 is 17.5 Å². The van der Waals surface area contributed by atoms with Crippen LogP contribution in [-0.4, -0.2) is 35.4 Å². The molecule has 30 heavy (non-hydrogen) atoms. The van der Waals surface area contributed by atoms with Crippen molar-refractivity contribution in [3.8, 4) is 0 Å². The Kier molecular flexibility index (Phi) is 12.9. The van der Waals surface area contributed by atoms with Crippen molar-refractivity contribution in [1.29, 1.82) is 0 Å². The van der Waals surface area contributed by atoms with Crippen LogP contribution in [0, 0.1) is 17.8 Å². The molecule has 1 aliphatic carbocycles. The molecule has 0 aliphatic heterocycles. The normalized spacial score (nSPS) is 21.2. The summed E-state index contributed by atoms with van der Waals surface area (Å²) in [4.78, 5) is 35.4. The maximum Gasteiger partial charge on any atom is 0.342 e. The summed E-state index contributed by atoms with van der Waals surface area (Å²) in [6, 6.07) is 0. The van der Waals surface area contributed by atoms with E-state index in [1.807, 2.05) is 18.2 Å². The number of ketones is 2. The molecule has 4 atom stereocenters. The van der Waals surface area contributed by atoms with Crippen LogP contribution >= 0.6 is 0 Å². The van der Waals surface area contributed by atoms with Gasteiger partial charge in [-0.3, -0.25) is 9.59 Å². The van der Waals surface area contributed by atoms with Gasteiger partial charge < -0.3 is 9.84 Å². The highest BCUT2D eigenvalue weighted by atomic mass is 16.5. The molecule has 0 saturated heterocycles. The van der Waals surface area contributed by atoms with Gasteiger partial charge in [-0.15, -0.1) is 6.58 Å². The topological polar surface area (TPSA) is 80.7 Å². The summed E-state index contributed by atoms with van der Waals surface area (Å²) in [5.74, 6) is -0.377. The summed E-state index contributed by atoms with van der Waals surface area (Å²) < 4.78 is 4.64. The molecular formula is C25H38O5. The van der Waals surface area contributed by atoms with E-state index < -0.39 is 17.9 Å². The van der Waals surface area contributed by atoms with E-state index in [4.69, 9.17) is 0 Å². The Balaban J connectivity index is 2.43. The summed E-state index contributed by atoms with van der Waals surface area (Å²) in [6.07, 6.45) is 15.7. The monoisotopic (exact) mass is 418 g/mol. The molecule has 0 aromatic rings. The first kappa shape index (κ1) is 26.0. The standard InChI is InChI=1S/C25H38O5/c1-4-7-12-19(5-2)13-11-14-20-17-18-22(26)21(20)15-9-8-10-16-23(27)24(28)25(29)30-6-3/h5,8-9,11,14,19-21,24,28H,2,4,6-7,10,12-13,15-18H2,1,3H3/t19-,20-,21+,24?/m0/s1. The number of hydrogen-bond donors (Lipinski definition) is 1. The Bertz CT molecular complexity index is 619. The van der Waals surface area contributed by atoms with Crippen LogP contribution in [0.3, 0.4) is 0 Å². The number of esters is 1. The Morgan fingerprint density at radius 2 is 2.03 bits per heavy atom. The second kappa shape index (κ2) is 14.9. The van der Waals surface area contributed by atoms with E-state index in [-0.39, 0.29) is 24.9 Å². The maximum absolute atomic E-state index is 12.3. The fourth-order valence-electron chi connectivity index (χ4n) is 3.77. The minimum atomic E-state index is -1.71. The highest BCUT2D eigenvalue weighted by molar-refractivity contribution is 6.01. The van der Waals surface area contributed by atoms with Crippen LogP contribution in [0.15, 0.2) is 37.0 Å². The molecule has 5 heteroatoms. The van der Waals surface area contributed by atoms with E-state index in [9.17, 15) is 19.5 Å². The third-order valence-electron chi connectivity index (χ3n) is 5.67. The highest BCUT2D eigenvalue weighted by Gasteiger charge is 2.31. The average Bonchev–Trinajstić information content (AvgIpc) is 3.09. The Hall–Kier alpha value is -2.01. The third kappa shape index (κ3) is 9.21. The first-order chi connectivity index (χ1) is 14.4. The SMILES string of the molecule is C=C[C@H](CC=C[C@H]1CCC(=O)[C@@H]1CC=CCCC(=O)C(O)C(=O)OCC)CCCC. The van der Waals surface area contributed by atoms with Gasteiger partial charge in [0.15, 0.2) is 5.78 Å². The number of allylic oxidation sites excluding steroid dienone is 5. The fraction of sp³-hybridized carbons (Fsp3) is 0.640. The van der Waals surface area contributed by atoms with Gasteiger partial charge in [0, 0.05) is 18.8 Å². The van der Waals surface area contributed by atoms with E-state index in [0.29, 0.717) is 31.0 Å². The lowest BCUT2D eigenvalue weighted by molar-refractivity contribution is -0.157. The zero-order valence-corrected chi connectivity index (χ0v) is 18.6. The highest BCUT2D eigenvalue weighted by Crippen LogP contribution is 2.33. The van der Waals surface area contributed by atoms with Crippen molar-refractivity contribution in [2.75, 3.05) is 6.61 Å². The van der Waals surface area contributed by atoms with Gasteiger partial charge in [-0.25, -0.2) is 4.79 Å². The molecule has 1 saturated carbocycles. The van der Waals surface area contributed by atoms with Crippen LogP contribution < -0.4 is 0 Å². The summed E-state index contributed by atoms with van der Waals surface area (Å²) in [6.45, 7) is 7.87. The third-order valence-corrected chi connectivity index (χ3v) is 5.67. The quantitative estimate of drug-likeness (QED) is 0.236. The Morgan fingerprint density at radius 3 is 2.70 bits per heavy atom. The van der Waals surface area contributed by atoms with Crippen LogP contribution in [0.25, 0.3) is 0 Å². The van der Waals surface area contributed by atoms with E-state index in [1.54, 1.807) is 6.92 Å². The molecule has 1 N–H and O–H groups in total. The number of ether oxygens (including phenoxy) is 1. The lowest BCUT2D eigenvalue weighted by Crippen LogP contribution is -2.31. The van der Waals surface area contributed by atoms with E-state index in [1.165, 1.54) is 12.8 Å². The van der Waals surface area contributed by atoms with E-state index in [2.05, 4.69) is 30.4 Å². The number of unbranched alkanes of at least 4 members (excludes halogenated alkanes) is 1. The summed E-state index contributed by atoms with van der Waals surface area (Å²) in [5.41, 5.74) is 0. The van der Waals surface area contributed by atoms with Crippen molar-refractivity contribution in [2.45, 2.75) is 77.7 Å². The maximum atomic E-state index is 12.3. The predicted octanol–water partition coefficient (Wildman–Crippen LogP) is 4.74. The van der Waals surface area contributed by atoms with Gasteiger partial charge in [0.25, 0.3) is 0 Å². The van der Waals surface area contributed by atoms with Gasteiger partial charge in [-0.05, 0) is 50.9 Å². The molecule has 0 radical (unpaired) electrons. The zero-order valence-electron chi connectivity index (χ0n) is 18.6.